The highest BCUT2D eigenvalue weighted by Gasteiger charge is 2.09. The lowest BCUT2D eigenvalue weighted by atomic mass is 10.2. The maximum absolute atomic E-state index is 6.00. The molecule has 102 valence electrons. The van der Waals surface area contributed by atoms with Crippen LogP contribution in [0.2, 0.25) is 10.0 Å². The minimum atomic E-state index is 0.395. The largest absolute Gasteiger partial charge is 0.461 e. The van der Waals surface area contributed by atoms with Crippen LogP contribution in [0.5, 0.6) is 0 Å². The van der Waals surface area contributed by atoms with Gasteiger partial charge in [0.1, 0.15) is 11.5 Å². The summed E-state index contributed by atoms with van der Waals surface area (Å²) >= 11 is 12.0. The molecule has 2 rings (SSSR count). The SMILES string of the molecule is CCNC(C)Cc1ccc(-c2cc(Cl)cc(Cl)c2)o1. The van der Waals surface area contributed by atoms with E-state index in [2.05, 4.69) is 19.2 Å². The smallest absolute Gasteiger partial charge is 0.134 e. The molecule has 0 bridgehead atoms. The topological polar surface area (TPSA) is 25.2 Å². The highest BCUT2D eigenvalue weighted by molar-refractivity contribution is 6.35. The Morgan fingerprint density at radius 2 is 1.84 bits per heavy atom. The van der Waals surface area contributed by atoms with E-state index in [0.717, 1.165) is 30.0 Å². The molecule has 1 heterocycles. The van der Waals surface area contributed by atoms with Crippen LogP contribution in [-0.2, 0) is 6.42 Å². The predicted molar refractivity (Wildman–Crippen MR) is 81.0 cm³/mol. The number of rotatable bonds is 5. The van der Waals surface area contributed by atoms with Gasteiger partial charge in [0.2, 0.25) is 0 Å². The summed E-state index contributed by atoms with van der Waals surface area (Å²) in [6.45, 7) is 5.19. The van der Waals surface area contributed by atoms with E-state index in [1.165, 1.54) is 0 Å². The number of benzene rings is 1. The van der Waals surface area contributed by atoms with Crippen molar-refractivity contribution in [1.82, 2.24) is 5.32 Å². The highest BCUT2D eigenvalue weighted by Crippen LogP contribution is 2.28. The Labute approximate surface area is 123 Å². The summed E-state index contributed by atoms with van der Waals surface area (Å²) in [7, 11) is 0. The Kier molecular flexibility index (Phi) is 4.92. The van der Waals surface area contributed by atoms with Gasteiger partial charge in [-0.3, -0.25) is 0 Å². The fourth-order valence-corrected chi connectivity index (χ4v) is 2.59. The van der Waals surface area contributed by atoms with Crippen molar-refractivity contribution in [1.29, 1.82) is 0 Å². The molecule has 1 aromatic carbocycles. The molecule has 1 N–H and O–H groups in total. The van der Waals surface area contributed by atoms with E-state index in [9.17, 15) is 0 Å². The molecule has 0 spiro atoms. The van der Waals surface area contributed by atoms with Crippen LogP contribution in [0.1, 0.15) is 19.6 Å². The zero-order valence-corrected chi connectivity index (χ0v) is 12.6. The molecule has 0 radical (unpaired) electrons. The molecule has 0 aliphatic carbocycles. The number of halogens is 2. The second-order valence-corrected chi connectivity index (χ2v) is 5.46. The van der Waals surface area contributed by atoms with Crippen molar-refractivity contribution in [2.75, 3.05) is 6.54 Å². The van der Waals surface area contributed by atoms with Crippen molar-refractivity contribution in [2.45, 2.75) is 26.3 Å². The summed E-state index contributed by atoms with van der Waals surface area (Å²) in [6.07, 6.45) is 0.863. The van der Waals surface area contributed by atoms with Crippen molar-refractivity contribution in [3.05, 3.63) is 46.1 Å². The first kappa shape index (κ1) is 14.4. The van der Waals surface area contributed by atoms with Crippen LogP contribution in [-0.4, -0.2) is 12.6 Å². The van der Waals surface area contributed by atoms with E-state index in [1.807, 2.05) is 24.3 Å². The highest BCUT2D eigenvalue weighted by atomic mass is 35.5. The molecule has 0 saturated carbocycles. The Bertz CT molecular complexity index is 531. The first-order valence-electron chi connectivity index (χ1n) is 6.37. The summed E-state index contributed by atoms with van der Waals surface area (Å²) in [5, 5.41) is 4.58. The Balaban J connectivity index is 2.16. The second-order valence-electron chi connectivity index (χ2n) is 4.59. The molecule has 0 amide bonds. The first-order valence-corrected chi connectivity index (χ1v) is 7.12. The lowest BCUT2D eigenvalue weighted by Gasteiger charge is -2.09. The van der Waals surface area contributed by atoms with Gasteiger partial charge < -0.3 is 9.73 Å². The molecule has 0 aliphatic rings. The number of hydrogen-bond donors (Lipinski definition) is 1. The van der Waals surface area contributed by atoms with Crippen LogP contribution in [0.3, 0.4) is 0 Å². The molecule has 19 heavy (non-hydrogen) atoms. The quantitative estimate of drug-likeness (QED) is 0.858. The molecule has 0 saturated heterocycles. The third-order valence-corrected chi connectivity index (χ3v) is 3.31. The molecule has 0 aliphatic heterocycles. The number of hydrogen-bond acceptors (Lipinski definition) is 2. The van der Waals surface area contributed by atoms with E-state index < -0.39 is 0 Å². The Hall–Kier alpha value is -0.960. The van der Waals surface area contributed by atoms with Crippen molar-refractivity contribution in [3.8, 4) is 11.3 Å². The molecule has 1 unspecified atom stereocenters. The third-order valence-electron chi connectivity index (χ3n) is 2.87. The molecule has 0 fully saturated rings. The van der Waals surface area contributed by atoms with Gasteiger partial charge in [0.15, 0.2) is 0 Å². The van der Waals surface area contributed by atoms with Gasteiger partial charge >= 0.3 is 0 Å². The normalized spacial score (nSPS) is 12.6. The van der Waals surface area contributed by atoms with Crippen LogP contribution in [0.25, 0.3) is 11.3 Å². The van der Waals surface area contributed by atoms with Crippen LogP contribution in [0.15, 0.2) is 34.7 Å². The van der Waals surface area contributed by atoms with Crippen molar-refractivity contribution in [3.63, 3.8) is 0 Å². The van der Waals surface area contributed by atoms with Gasteiger partial charge in [-0.25, -0.2) is 0 Å². The molecular formula is C15H17Cl2NO. The minimum Gasteiger partial charge on any atom is -0.461 e. The van der Waals surface area contributed by atoms with Gasteiger partial charge in [-0.1, -0.05) is 30.1 Å². The molecular weight excluding hydrogens is 281 g/mol. The molecule has 2 aromatic rings. The van der Waals surface area contributed by atoms with Crippen LogP contribution in [0, 0.1) is 0 Å². The summed E-state index contributed by atoms with van der Waals surface area (Å²) < 4.78 is 5.84. The maximum atomic E-state index is 6.00. The number of nitrogens with one attached hydrogen (secondary N) is 1. The molecule has 2 nitrogen and oxygen atoms in total. The van der Waals surface area contributed by atoms with Crippen LogP contribution >= 0.6 is 23.2 Å². The fraction of sp³-hybridized carbons (Fsp3) is 0.333. The van der Waals surface area contributed by atoms with Crippen LogP contribution in [0.4, 0.5) is 0 Å². The van der Waals surface area contributed by atoms with Crippen molar-refractivity contribution >= 4 is 23.2 Å². The van der Waals surface area contributed by atoms with Gasteiger partial charge in [0, 0.05) is 28.1 Å². The zero-order valence-electron chi connectivity index (χ0n) is 11.0. The zero-order chi connectivity index (χ0) is 13.8. The summed E-state index contributed by atoms with van der Waals surface area (Å²) in [4.78, 5) is 0. The summed E-state index contributed by atoms with van der Waals surface area (Å²) in [6, 6.07) is 9.76. The van der Waals surface area contributed by atoms with Crippen molar-refractivity contribution < 1.29 is 4.42 Å². The average molecular weight is 298 g/mol. The standard InChI is InChI=1S/C15H17Cl2NO/c1-3-18-10(2)6-14-4-5-15(19-14)11-7-12(16)9-13(17)8-11/h4-5,7-10,18H,3,6H2,1-2H3. The van der Waals surface area contributed by atoms with Gasteiger partial charge in [0.25, 0.3) is 0 Å². The van der Waals surface area contributed by atoms with Gasteiger partial charge in [-0.05, 0) is 43.8 Å². The fourth-order valence-electron chi connectivity index (χ4n) is 2.06. The molecule has 4 heteroatoms. The second kappa shape index (κ2) is 6.47. The van der Waals surface area contributed by atoms with E-state index in [1.54, 1.807) is 6.07 Å². The number of furan rings is 1. The van der Waals surface area contributed by atoms with Crippen molar-refractivity contribution in [2.24, 2.45) is 0 Å². The predicted octanol–water partition coefficient (Wildman–Crippen LogP) is 4.79. The monoisotopic (exact) mass is 297 g/mol. The van der Waals surface area contributed by atoms with E-state index in [0.29, 0.717) is 16.1 Å². The van der Waals surface area contributed by atoms with E-state index in [4.69, 9.17) is 27.6 Å². The third kappa shape index (κ3) is 4.00. The van der Waals surface area contributed by atoms with Gasteiger partial charge in [0.05, 0.1) is 0 Å². The maximum Gasteiger partial charge on any atom is 0.134 e. The first-order chi connectivity index (χ1) is 9.08. The Morgan fingerprint density at radius 1 is 1.16 bits per heavy atom. The molecule has 1 atom stereocenters. The Morgan fingerprint density at radius 3 is 2.47 bits per heavy atom. The van der Waals surface area contributed by atoms with E-state index >= 15 is 0 Å². The molecule has 1 aromatic heterocycles. The lowest BCUT2D eigenvalue weighted by molar-refractivity contribution is 0.470. The average Bonchev–Trinajstić information content (AvgIpc) is 2.76. The number of likely N-dealkylation sites (N-methyl/N-ethyl adjacent to an activating group) is 1. The summed E-state index contributed by atoms with van der Waals surface area (Å²) in [5.74, 6) is 1.75. The lowest BCUT2D eigenvalue weighted by Crippen LogP contribution is -2.27. The van der Waals surface area contributed by atoms with Gasteiger partial charge in [-0.15, -0.1) is 0 Å². The van der Waals surface area contributed by atoms with Gasteiger partial charge in [-0.2, -0.15) is 0 Å². The minimum absolute atomic E-state index is 0.395. The van der Waals surface area contributed by atoms with E-state index in [-0.39, 0.29) is 0 Å². The van der Waals surface area contributed by atoms with Crippen LogP contribution < -0.4 is 5.32 Å². The summed E-state index contributed by atoms with van der Waals surface area (Å²) in [5.41, 5.74) is 0.903.